The quantitative estimate of drug-likeness (QED) is 0.787. The molecule has 0 N–H and O–H groups in total. The van der Waals surface area contributed by atoms with Crippen LogP contribution in [0.15, 0.2) is 48.5 Å². The number of Topliss-reactive ketones (excluding diaryl/α,β-unsaturated/α-hetero) is 1. The van der Waals surface area contributed by atoms with Crippen molar-refractivity contribution in [2.45, 2.75) is 39.2 Å². The number of ketones is 1. The Bertz CT molecular complexity index is 793. The third kappa shape index (κ3) is 3.90. The standard InChI is InChI=1S/C21H23NO3/c1-15-8-10-16(11-9-15)18(23)12-13-20(24)22-14-21(2,3)25-19-7-5-4-6-17(19)22/h4-11H,12-14H2,1-3H3. The molecule has 4 heteroatoms. The van der Waals surface area contributed by atoms with Crippen LogP contribution in [-0.4, -0.2) is 23.8 Å². The summed E-state index contributed by atoms with van der Waals surface area (Å²) in [5.41, 5.74) is 2.08. The maximum Gasteiger partial charge on any atom is 0.227 e. The van der Waals surface area contributed by atoms with Gasteiger partial charge in [-0.1, -0.05) is 42.0 Å². The zero-order valence-electron chi connectivity index (χ0n) is 14.9. The first-order valence-electron chi connectivity index (χ1n) is 8.54. The predicted octanol–water partition coefficient (Wildman–Crippen LogP) is 4.16. The maximum absolute atomic E-state index is 12.8. The van der Waals surface area contributed by atoms with Gasteiger partial charge in [0.1, 0.15) is 11.4 Å². The van der Waals surface area contributed by atoms with E-state index in [0.29, 0.717) is 17.9 Å². The summed E-state index contributed by atoms with van der Waals surface area (Å²) in [6.07, 6.45) is 0.402. The Kier molecular flexibility index (Phi) is 4.62. The van der Waals surface area contributed by atoms with Gasteiger partial charge < -0.3 is 9.64 Å². The molecule has 3 rings (SSSR count). The summed E-state index contributed by atoms with van der Waals surface area (Å²) in [5.74, 6) is 0.649. The third-order valence-corrected chi connectivity index (χ3v) is 4.32. The largest absolute Gasteiger partial charge is 0.484 e. The minimum Gasteiger partial charge on any atom is -0.484 e. The Labute approximate surface area is 148 Å². The lowest BCUT2D eigenvalue weighted by Gasteiger charge is -2.39. The molecule has 25 heavy (non-hydrogen) atoms. The van der Waals surface area contributed by atoms with E-state index in [9.17, 15) is 9.59 Å². The molecular weight excluding hydrogens is 314 g/mol. The number of anilines is 1. The molecule has 0 saturated carbocycles. The number of hydrogen-bond donors (Lipinski definition) is 0. The molecule has 1 amide bonds. The highest BCUT2D eigenvalue weighted by Crippen LogP contribution is 2.37. The lowest BCUT2D eigenvalue weighted by molar-refractivity contribution is -0.119. The second-order valence-corrected chi connectivity index (χ2v) is 7.10. The van der Waals surface area contributed by atoms with Crippen molar-refractivity contribution in [3.63, 3.8) is 0 Å². The van der Waals surface area contributed by atoms with Crippen molar-refractivity contribution in [3.8, 4) is 5.75 Å². The van der Waals surface area contributed by atoms with Gasteiger partial charge in [0.2, 0.25) is 5.91 Å². The van der Waals surface area contributed by atoms with E-state index in [1.807, 2.05) is 69.3 Å². The molecule has 130 valence electrons. The van der Waals surface area contributed by atoms with Crippen LogP contribution in [0.1, 0.15) is 42.6 Å². The second kappa shape index (κ2) is 6.71. The average molecular weight is 337 g/mol. The van der Waals surface area contributed by atoms with E-state index in [-0.39, 0.29) is 24.5 Å². The zero-order valence-corrected chi connectivity index (χ0v) is 14.9. The number of fused-ring (bicyclic) bond motifs is 1. The number of aryl methyl sites for hydroxylation is 1. The van der Waals surface area contributed by atoms with Crippen molar-refractivity contribution >= 4 is 17.4 Å². The normalized spacial score (nSPS) is 15.2. The first-order chi connectivity index (χ1) is 11.9. The van der Waals surface area contributed by atoms with Gasteiger partial charge in [0.05, 0.1) is 12.2 Å². The van der Waals surface area contributed by atoms with E-state index < -0.39 is 5.60 Å². The Balaban J connectivity index is 1.71. The number of amides is 1. The molecule has 0 atom stereocenters. The summed E-state index contributed by atoms with van der Waals surface area (Å²) in [5, 5.41) is 0. The molecule has 2 aromatic carbocycles. The summed E-state index contributed by atoms with van der Waals surface area (Å²) >= 11 is 0. The molecule has 0 fully saturated rings. The van der Waals surface area contributed by atoms with Gasteiger partial charge in [-0.2, -0.15) is 0 Å². The van der Waals surface area contributed by atoms with Gasteiger partial charge in [0, 0.05) is 18.4 Å². The van der Waals surface area contributed by atoms with Crippen molar-refractivity contribution in [2.24, 2.45) is 0 Å². The van der Waals surface area contributed by atoms with Crippen LogP contribution in [0.2, 0.25) is 0 Å². The van der Waals surface area contributed by atoms with E-state index in [1.54, 1.807) is 4.90 Å². The summed E-state index contributed by atoms with van der Waals surface area (Å²) in [7, 11) is 0. The van der Waals surface area contributed by atoms with E-state index >= 15 is 0 Å². The number of ether oxygens (including phenoxy) is 1. The molecule has 0 aromatic heterocycles. The minimum atomic E-state index is -0.453. The number of hydrogen-bond acceptors (Lipinski definition) is 3. The summed E-state index contributed by atoms with van der Waals surface area (Å²) in [6.45, 7) is 6.37. The Morgan fingerprint density at radius 2 is 1.72 bits per heavy atom. The molecule has 0 spiro atoms. The number of nitrogens with zero attached hydrogens (tertiary/aromatic N) is 1. The van der Waals surface area contributed by atoms with Gasteiger partial charge in [0.25, 0.3) is 0 Å². The molecule has 0 unspecified atom stereocenters. The monoisotopic (exact) mass is 337 g/mol. The van der Waals surface area contributed by atoms with Crippen LogP contribution in [0.4, 0.5) is 5.69 Å². The maximum atomic E-state index is 12.8. The van der Waals surface area contributed by atoms with Crippen LogP contribution in [0.25, 0.3) is 0 Å². The van der Waals surface area contributed by atoms with E-state index in [2.05, 4.69) is 0 Å². The Morgan fingerprint density at radius 1 is 1.04 bits per heavy atom. The fourth-order valence-electron chi connectivity index (χ4n) is 3.02. The fraction of sp³-hybridized carbons (Fsp3) is 0.333. The first kappa shape index (κ1) is 17.2. The van der Waals surface area contributed by atoms with E-state index in [1.165, 1.54) is 0 Å². The van der Waals surface area contributed by atoms with Crippen LogP contribution in [-0.2, 0) is 4.79 Å². The van der Waals surface area contributed by atoms with Gasteiger partial charge in [-0.15, -0.1) is 0 Å². The molecule has 1 heterocycles. The predicted molar refractivity (Wildman–Crippen MR) is 98.2 cm³/mol. The van der Waals surface area contributed by atoms with Gasteiger partial charge >= 0.3 is 0 Å². The number of carbonyl (C=O) groups is 2. The number of para-hydroxylation sites is 2. The SMILES string of the molecule is Cc1ccc(C(=O)CCC(=O)N2CC(C)(C)Oc3ccccc32)cc1. The fourth-order valence-corrected chi connectivity index (χ4v) is 3.02. The first-order valence-corrected chi connectivity index (χ1v) is 8.54. The highest BCUT2D eigenvalue weighted by atomic mass is 16.5. The molecule has 0 bridgehead atoms. The van der Waals surface area contributed by atoms with Crippen molar-refractivity contribution in [2.75, 3.05) is 11.4 Å². The number of rotatable bonds is 4. The summed E-state index contributed by atoms with van der Waals surface area (Å²) in [6, 6.07) is 15.0. The lowest BCUT2D eigenvalue weighted by atomic mass is 10.0. The topological polar surface area (TPSA) is 46.6 Å². The molecular formula is C21H23NO3. The van der Waals surface area contributed by atoms with Crippen LogP contribution in [0.5, 0.6) is 5.75 Å². The van der Waals surface area contributed by atoms with Crippen molar-refractivity contribution in [1.82, 2.24) is 0 Å². The van der Waals surface area contributed by atoms with Gasteiger partial charge in [-0.3, -0.25) is 9.59 Å². The average Bonchev–Trinajstić information content (AvgIpc) is 2.58. The number of benzene rings is 2. The second-order valence-electron chi connectivity index (χ2n) is 7.10. The molecule has 0 saturated heterocycles. The van der Waals surface area contributed by atoms with Gasteiger partial charge in [0.15, 0.2) is 5.78 Å². The van der Waals surface area contributed by atoms with Gasteiger partial charge in [-0.25, -0.2) is 0 Å². The third-order valence-electron chi connectivity index (χ3n) is 4.32. The van der Waals surface area contributed by atoms with E-state index in [0.717, 1.165) is 11.3 Å². The van der Waals surface area contributed by atoms with Crippen molar-refractivity contribution in [1.29, 1.82) is 0 Å². The number of carbonyl (C=O) groups excluding carboxylic acids is 2. The Morgan fingerprint density at radius 3 is 2.44 bits per heavy atom. The Hall–Kier alpha value is -2.62. The minimum absolute atomic E-state index is 0.00541. The molecule has 2 aromatic rings. The van der Waals surface area contributed by atoms with Gasteiger partial charge in [-0.05, 0) is 32.9 Å². The lowest BCUT2D eigenvalue weighted by Crippen LogP contribution is -2.49. The van der Waals surface area contributed by atoms with Crippen LogP contribution in [0.3, 0.4) is 0 Å². The summed E-state index contributed by atoms with van der Waals surface area (Å²) in [4.78, 5) is 26.8. The molecule has 0 radical (unpaired) electrons. The van der Waals surface area contributed by atoms with Crippen LogP contribution >= 0.6 is 0 Å². The van der Waals surface area contributed by atoms with Crippen molar-refractivity contribution < 1.29 is 14.3 Å². The van der Waals surface area contributed by atoms with E-state index in [4.69, 9.17) is 4.74 Å². The molecule has 1 aliphatic heterocycles. The smallest absolute Gasteiger partial charge is 0.227 e. The summed E-state index contributed by atoms with van der Waals surface area (Å²) < 4.78 is 5.94. The molecule has 1 aliphatic rings. The highest BCUT2D eigenvalue weighted by Gasteiger charge is 2.34. The van der Waals surface area contributed by atoms with Crippen LogP contribution in [0, 0.1) is 6.92 Å². The molecule has 0 aliphatic carbocycles. The highest BCUT2D eigenvalue weighted by molar-refractivity contribution is 6.01. The zero-order chi connectivity index (χ0) is 18.0. The van der Waals surface area contributed by atoms with Crippen LogP contribution < -0.4 is 9.64 Å². The van der Waals surface area contributed by atoms with Crippen molar-refractivity contribution in [3.05, 3.63) is 59.7 Å². The molecule has 4 nitrogen and oxygen atoms in total.